The highest BCUT2D eigenvalue weighted by Gasteiger charge is 2.11. The van der Waals surface area contributed by atoms with E-state index in [-0.39, 0.29) is 12.5 Å². The van der Waals surface area contributed by atoms with Gasteiger partial charge in [-0.25, -0.2) is 0 Å². The minimum Gasteiger partial charge on any atom is -0.378 e. The van der Waals surface area contributed by atoms with Crippen molar-refractivity contribution in [2.75, 3.05) is 24.3 Å². The third-order valence-electron chi connectivity index (χ3n) is 3.85. The summed E-state index contributed by atoms with van der Waals surface area (Å²) in [5.74, 6) is -0.379. The Morgan fingerprint density at radius 2 is 1.76 bits per heavy atom. The number of carbonyl (C=O) groups is 1. The van der Waals surface area contributed by atoms with Crippen LogP contribution in [0.3, 0.4) is 0 Å². The van der Waals surface area contributed by atoms with Crippen molar-refractivity contribution in [3.63, 3.8) is 0 Å². The van der Waals surface area contributed by atoms with Crippen LogP contribution >= 0.6 is 0 Å². The molecule has 0 saturated carbocycles. The summed E-state index contributed by atoms with van der Waals surface area (Å²) >= 11 is 0. The zero-order chi connectivity index (χ0) is 18.0. The Balaban J connectivity index is 1.86. The number of para-hydroxylation sites is 2. The van der Waals surface area contributed by atoms with E-state index < -0.39 is 11.1 Å². The molecule has 25 heavy (non-hydrogen) atoms. The topological polar surface area (TPSA) is 87.2 Å². The second-order valence-electron chi connectivity index (χ2n) is 5.85. The molecule has 1 amide bonds. The third-order valence-corrected chi connectivity index (χ3v) is 3.85. The molecular formula is C18H18N4O3. The fourth-order valence-electron chi connectivity index (χ4n) is 2.57. The Morgan fingerprint density at radius 1 is 1.08 bits per heavy atom. The number of hydrogen-bond acceptors (Lipinski definition) is 4. The van der Waals surface area contributed by atoms with Gasteiger partial charge in [-0.15, -0.1) is 0 Å². The molecule has 7 heteroatoms. The second kappa shape index (κ2) is 6.64. The molecule has 128 valence electrons. The lowest BCUT2D eigenvalue weighted by Crippen LogP contribution is -2.38. The summed E-state index contributed by atoms with van der Waals surface area (Å²) in [4.78, 5) is 40.7. The molecule has 3 aromatic rings. The minimum atomic E-state index is -0.753. The molecule has 2 aromatic carbocycles. The summed E-state index contributed by atoms with van der Waals surface area (Å²) in [5.41, 5.74) is 1.15. The van der Waals surface area contributed by atoms with E-state index in [4.69, 9.17) is 0 Å². The quantitative estimate of drug-likeness (QED) is 0.704. The largest absolute Gasteiger partial charge is 0.378 e. The van der Waals surface area contributed by atoms with Crippen LogP contribution in [0.4, 0.5) is 11.4 Å². The fraction of sp³-hybridized carbons (Fsp3) is 0.167. The zero-order valence-electron chi connectivity index (χ0n) is 13.9. The van der Waals surface area contributed by atoms with Crippen molar-refractivity contribution in [1.82, 2.24) is 9.55 Å². The van der Waals surface area contributed by atoms with Gasteiger partial charge < -0.3 is 15.2 Å². The van der Waals surface area contributed by atoms with E-state index in [9.17, 15) is 14.4 Å². The normalized spacial score (nSPS) is 10.6. The lowest BCUT2D eigenvalue weighted by molar-refractivity contribution is -0.116. The maximum Gasteiger partial charge on any atom is 0.317 e. The van der Waals surface area contributed by atoms with E-state index in [0.717, 1.165) is 5.69 Å². The molecule has 3 rings (SSSR count). The van der Waals surface area contributed by atoms with Crippen LogP contribution in [0.15, 0.2) is 58.1 Å². The number of aromatic nitrogens is 2. The number of nitrogens with zero attached hydrogens (tertiary/aromatic N) is 2. The fourth-order valence-corrected chi connectivity index (χ4v) is 2.57. The minimum absolute atomic E-state index is 0.237. The van der Waals surface area contributed by atoms with E-state index >= 15 is 0 Å². The van der Waals surface area contributed by atoms with E-state index in [1.54, 1.807) is 36.4 Å². The highest BCUT2D eigenvalue weighted by molar-refractivity contribution is 5.91. The first kappa shape index (κ1) is 16.5. The number of amides is 1. The van der Waals surface area contributed by atoms with Gasteiger partial charge in [0, 0.05) is 25.5 Å². The summed E-state index contributed by atoms with van der Waals surface area (Å²) in [6, 6.07) is 14.2. The highest BCUT2D eigenvalue weighted by atomic mass is 16.2. The molecule has 2 N–H and O–H groups in total. The first-order chi connectivity index (χ1) is 12.0. The molecule has 7 nitrogen and oxygen atoms in total. The predicted molar refractivity (Wildman–Crippen MR) is 98.2 cm³/mol. The van der Waals surface area contributed by atoms with Crippen LogP contribution in [0.1, 0.15) is 0 Å². The molecule has 0 aliphatic rings. The molecular weight excluding hydrogens is 320 g/mol. The zero-order valence-corrected chi connectivity index (χ0v) is 13.9. The van der Waals surface area contributed by atoms with E-state index in [1.807, 2.05) is 31.1 Å². The average molecular weight is 338 g/mol. The Labute approximate surface area is 143 Å². The number of fused-ring (bicyclic) bond motifs is 1. The van der Waals surface area contributed by atoms with Crippen LogP contribution in [0, 0.1) is 0 Å². The average Bonchev–Trinajstić information content (AvgIpc) is 2.59. The molecule has 0 unspecified atom stereocenters. The van der Waals surface area contributed by atoms with Crippen LogP contribution in [0.5, 0.6) is 0 Å². The molecule has 0 spiro atoms. The Kier molecular flexibility index (Phi) is 4.38. The Bertz CT molecular complexity index is 1030. The molecule has 0 radical (unpaired) electrons. The van der Waals surface area contributed by atoms with E-state index in [0.29, 0.717) is 16.7 Å². The van der Waals surface area contributed by atoms with Crippen molar-refractivity contribution in [3.05, 3.63) is 69.2 Å². The third kappa shape index (κ3) is 3.45. The maximum atomic E-state index is 12.3. The molecule has 0 bridgehead atoms. The smallest absolute Gasteiger partial charge is 0.317 e. The van der Waals surface area contributed by atoms with Gasteiger partial charge in [0.05, 0.1) is 11.0 Å². The second-order valence-corrected chi connectivity index (χ2v) is 5.85. The number of carbonyl (C=O) groups excluding carboxylic acids is 1. The Hall–Kier alpha value is -3.35. The van der Waals surface area contributed by atoms with Gasteiger partial charge in [-0.2, -0.15) is 0 Å². The Morgan fingerprint density at radius 3 is 2.44 bits per heavy atom. The highest BCUT2D eigenvalue weighted by Crippen LogP contribution is 2.15. The molecule has 0 atom stereocenters. The number of benzene rings is 2. The van der Waals surface area contributed by atoms with Crippen molar-refractivity contribution in [2.24, 2.45) is 0 Å². The van der Waals surface area contributed by atoms with Gasteiger partial charge in [0.25, 0.3) is 0 Å². The summed E-state index contributed by atoms with van der Waals surface area (Å²) in [6.45, 7) is -0.237. The monoisotopic (exact) mass is 338 g/mol. The van der Waals surface area contributed by atoms with E-state index in [1.165, 1.54) is 4.57 Å². The van der Waals surface area contributed by atoms with Crippen molar-refractivity contribution in [1.29, 1.82) is 0 Å². The van der Waals surface area contributed by atoms with Gasteiger partial charge in [-0.3, -0.25) is 19.0 Å². The van der Waals surface area contributed by atoms with Crippen molar-refractivity contribution in [3.8, 4) is 0 Å². The molecule has 1 heterocycles. The number of hydrogen-bond donors (Lipinski definition) is 2. The van der Waals surface area contributed by atoms with Crippen molar-refractivity contribution >= 4 is 28.3 Å². The van der Waals surface area contributed by atoms with Gasteiger partial charge in [-0.05, 0) is 36.4 Å². The molecule has 0 saturated heterocycles. The maximum absolute atomic E-state index is 12.3. The number of nitrogens with one attached hydrogen (secondary N) is 2. The first-order valence-corrected chi connectivity index (χ1v) is 7.75. The molecule has 0 fully saturated rings. The summed E-state index contributed by atoms with van der Waals surface area (Å²) < 4.78 is 1.18. The van der Waals surface area contributed by atoms with Crippen LogP contribution in [-0.2, 0) is 11.3 Å². The van der Waals surface area contributed by atoms with Crippen LogP contribution in [-0.4, -0.2) is 29.6 Å². The number of aromatic amines is 1. The predicted octanol–water partition coefficient (Wildman–Crippen LogP) is 1.39. The number of H-pyrrole nitrogens is 1. The van der Waals surface area contributed by atoms with Gasteiger partial charge in [0.1, 0.15) is 6.54 Å². The standard InChI is InChI=1S/C18H18N4O3/c1-21(2)13-9-7-12(8-10-13)19-16(23)11-22-15-6-4-3-5-14(15)20-17(24)18(22)25/h3-10H,11H2,1-2H3,(H,19,23)(H,20,24). The first-order valence-electron chi connectivity index (χ1n) is 7.75. The van der Waals surface area contributed by atoms with Gasteiger partial charge in [0.2, 0.25) is 5.91 Å². The summed E-state index contributed by atoms with van der Waals surface area (Å²) in [6.07, 6.45) is 0. The van der Waals surface area contributed by atoms with Crippen LogP contribution < -0.4 is 21.3 Å². The SMILES string of the molecule is CN(C)c1ccc(NC(=O)Cn2c(=O)c(=O)[nH]c3ccccc32)cc1. The number of rotatable bonds is 4. The lowest BCUT2D eigenvalue weighted by atomic mass is 10.2. The van der Waals surface area contributed by atoms with Crippen molar-refractivity contribution in [2.45, 2.75) is 6.54 Å². The lowest BCUT2D eigenvalue weighted by Gasteiger charge is -2.13. The van der Waals surface area contributed by atoms with Gasteiger partial charge >= 0.3 is 11.1 Å². The summed E-state index contributed by atoms with van der Waals surface area (Å²) in [7, 11) is 3.86. The summed E-state index contributed by atoms with van der Waals surface area (Å²) in [5, 5.41) is 2.74. The molecule has 1 aromatic heterocycles. The van der Waals surface area contributed by atoms with Gasteiger partial charge in [0.15, 0.2) is 0 Å². The molecule has 0 aliphatic heterocycles. The van der Waals surface area contributed by atoms with Crippen molar-refractivity contribution < 1.29 is 4.79 Å². The van der Waals surface area contributed by atoms with Crippen LogP contribution in [0.2, 0.25) is 0 Å². The molecule has 0 aliphatic carbocycles. The van der Waals surface area contributed by atoms with Crippen LogP contribution in [0.25, 0.3) is 11.0 Å². The van der Waals surface area contributed by atoms with E-state index in [2.05, 4.69) is 10.3 Å². The van der Waals surface area contributed by atoms with Gasteiger partial charge in [-0.1, -0.05) is 12.1 Å². The number of anilines is 2.